The normalized spacial score (nSPS) is 18.2. The zero-order valence-corrected chi connectivity index (χ0v) is 16.0. The third kappa shape index (κ3) is 2.26. The fourth-order valence-corrected chi connectivity index (χ4v) is 4.98. The molecule has 1 aliphatic heterocycles. The predicted octanol–water partition coefficient (Wildman–Crippen LogP) is 4.25. The van der Waals surface area contributed by atoms with Crippen LogP contribution < -0.4 is 10.5 Å². The maximum absolute atomic E-state index is 12.4. The Kier molecular flexibility index (Phi) is 3.51. The minimum atomic E-state index is 0.0219. The first-order chi connectivity index (χ1) is 12.6. The lowest BCUT2D eigenvalue weighted by atomic mass is 9.63. The number of nitrogens with one attached hydrogen (secondary N) is 1. The largest absolute Gasteiger partial charge is 0.370 e. The highest BCUT2D eigenvalue weighted by Crippen LogP contribution is 2.51. The maximum Gasteiger partial charge on any atom is 0.274 e. The van der Waals surface area contributed by atoms with E-state index in [4.69, 9.17) is 0 Å². The summed E-state index contributed by atoms with van der Waals surface area (Å²) in [5.74, 6) is 0. The summed E-state index contributed by atoms with van der Waals surface area (Å²) in [6.07, 6.45) is 10.1. The van der Waals surface area contributed by atoms with E-state index in [-0.39, 0.29) is 5.56 Å². The topological polar surface area (TPSA) is 41.0 Å². The summed E-state index contributed by atoms with van der Waals surface area (Å²) in [7, 11) is 1.83. The van der Waals surface area contributed by atoms with Gasteiger partial charge in [0.1, 0.15) is 5.52 Å². The molecular formula is C21H23N3OS. The number of thioether (sulfide) groups is 1. The lowest BCUT2D eigenvalue weighted by molar-refractivity contribution is 0.0905. The zero-order chi connectivity index (χ0) is 17.9. The van der Waals surface area contributed by atoms with Crippen LogP contribution in [0.4, 0.5) is 5.69 Å². The lowest BCUT2D eigenvalue weighted by Crippen LogP contribution is -2.60. The monoisotopic (exact) mass is 365 g/mol. The second-order valence-corrected chi connectivity index (χ2v) is 8.70. The number of hydrogen-bond donors (Lipinski definition) is 1. The maximum atomic E-state index is 12.4. The van der Waals surface area contributed by atoms with Gasteiger partial charge in [-0.1, -0.05) is 6.42 Å². The minimum absolute atomic E-state index is 0.0219. The average Bonchev–Trinajstić information content (AvgIpc) is 3.06. The standard InChI is InChI=1S/C21H23N3OS/c1-23-11-17(15-6-9-22-19(15)20(23)25)16-10-14(26-2)4-5-18(16)24-12-21(13-24)7-3-8-21/h4-6,9-11,22H,3,7-8,12-13H2,1-2H3. The first-order valence-corrected chi connectivity index (χ1v) is 10.4. The number of benzene rings is 1. The Morgan fingerprint density at radius 2 is 1.96 bits per heavy atom. The predicted molar refractivity (Wildman–Crippen MR) is 109 cm³/mol. The second kappa shape index (κ2) is 5.68. The van der Waals surface area contributed by atoms with E-state index in [1.807, 2.05) is 25.5 Å². The Bertz CT molecular complexity index is 1050. The van der Waals surface area contributed by atoms with Crippen molar-refractivity contribution in [1.82, 2.24) is 9.55 Å². The van der Waals surface area contributed by atoms with Gasteiger partial charge in [-0.2, -0.15) is 0 Å². The summed E-state index contributed by atoms with van der Waals surface area (Å²) < 4.78 is 1.69. The molecule has 26 heavy (non-hydrogen) atoms. The molecule has 1 spiro atoms. The van der Waals surface area contributed by atoms with E-state index in [1.165, 1.54) is 48.5 Å². The van der Waals surface area contributed by atoms with Crippen LogP contribution >= 0.6 is 11.8 Å². The van der Waals surface area contributed by atoms with Gasteiger partial charge in [-0.05, 0) is 43.4 Å². The molecule has 0 atom stereocenters. The molecule has 2 fully saturated rings. The van der Waals surface area contributed by atoms with Crippen LogP contribution in [-0.2, 0) is 7.05 Å². The van der Waals surface area contributed by atoms with Crippen LogP contribution in [0, 0.1) is 5.41 Å². The molecular weight excluding hydrogens is 342 g/mol. The Labute approximate surface area is 157 Å². The summed E-state index contributed by atoms with van der Waals surface area (Å²) in [5, 5.41) is 1.01. The Morgan fingerprint density at radius 3 is 2.65 bits per heavy atom. The highest BCUT2D eigenvalue weighted by atomic mass is 32.2. The molecule has 2 aliphatic rings. The van der Waals surface area contributed by atoms with Crippen molar-refractivity contribution in [3.63, 3.8) is 0 Å². The fourth-order valence-electron chi connectivity index (χ4n) is 4.54. The SMILES string of the molecule is CSc1ccc(N2CC3(CCC3)C2)c(-c2cn(C)c(=O)c3[nH]ccc23)c1. The molecule has 5 rings (SSSR count). The second-order valence-electron chi connectivity index (χ2n) is 7.82. The molecule has 4 nitrogen and oxygen atoms in total. The van der Waals surface area contributed by atoms with Gasteiger partial charge in [-0.25, -0.2) is 0 Å². The van der Waals surface area contributed by atoms with Gasteiger partial charge < -0.3 is 14.5 Å². The van der Waals surface area contributed by atoms with E-state index < -0.39 is 0 Å². The van der Waals surface area contributed by atoms with E-state index in [0.717, 1.165) is 10.9 Å². The molecule has 3 heterocycles. The first kappa shape index (κ1) is 16.1. The Morgan fingerprint density at radius 1 is 1.15 bits per heavy atom. The summed E-state index contributed by atoms with van der Waals surface area (Å²) in [6, 6.07) is 8.77. The first-order valence-electron chi connectivity index (χ1n) is 9.20. The number of fused-ring (bicyclic) bond motifs is 1. The van der Waals surface area contributed by atoms with Gasteiger partial charge in [-0.3, -0.25) is 4.79 Å². The van der Waals surface area contributed by atoms with Crippen molar-refractivity contribution < 1.29 is 0 Å². The molecule has 5 heteroatoms. The van der Waals surface area contributed by atoms with E-state index in [1.54, 1.807) is 16.3 Å². The zero-order valence-electron chi connectivity index (χ0n) is 15.2. The summed E-state index contributed by atoms with van der Waals surface area (Å²) >= 11 is 1.76. The van der Waals surface area contributed by atoms with Crippen LogP contribution in [0.5, 0.6) is 0 Å². The van der Waals surface area contributed by atoms with Crippen LogP contribution in [0.3, 0.4) is 0 Å². The van der Waals surface area contributed by atoms with Crippen molar-refractivity contribution in [2.24, 2.45) is 12.5 Å². The molecule has 0 unspecified atom stereocenters. The van der Waals surface area contributed by atoms with Gasteiger partial charge in [0.25, 0.3) is 5.56 Å². The molecule has 1 saturated carbocycles. The van der Waals surface area contributed by atoms with Gasteiger partial charge >= 0.3 is 0 Å². The smallest absolute Gasteiger partial charge is 0.274 e. The number of H-pyrrole nitrogens is 1. The van der Waals surface area contributed by atoms with Crippen LogP contribution in [0.1, 0.15) is 19.3 Å². The number of pyridine rings is 1. The van der Waals surface area contributed by atoms with E-state index in [0.29, 0.717) is 10.9 Å². The number of nitrogens with zero attached hydrogens (tertiary/aromatic N) is 2. The van der Waals surface area contributed by atoms with E-state index in [2.05, 4.69) is 34.3 Å². The lowest BCUT2D eigenvalue weighted by Gasteiger charge is -2.57. The summed E-state index contributed by atoms with van der Waals surface area (Å²) in [4.78, 5) is 19.3. The molecule has 2 aromatic heterocycles. The highest BCUT2D eigenvalue weighted by molar-refractivity contribution is 7.98. The summed E-state index contributed by atoms with van der Waals surface area (Å²) in [6.45, 7) is 2.33. The molecule has 1 aromatic carbocycles. The molecule has 0 amide bonds. The number of aromatic amines is 1. The van der Waals surface area contributed by atoms with Gasteiger partial charge in [-0.15, -0.1) is 11.8 Å². The van der Waals surface area contributed by atoms with Gasteiger partial charge in [0.2, 0.25) is 0 Å². The molecule has 0 bridgehead atoms. The fraction of sp³-hybridized carbons (Fsp3) is 0.381. The number of aryl methyl sites for hydroxylation is 1. The van der Waals surface area contributed by atoms with Crippen LogP contribution in [0.25, 0.3) is 22.0 Å². The Balaban J connectivity index is 1.67. The molecule has 1 saturated heterocycles. The molecule has 134 valence electrons. The Hall–Kier alpha value is -2.14. The number of aromatic nitrogens is 2. The minimum Gasteiger partial charge on any atom is -0.370 e. The van der Waals surface area contributed by atoms with E-state index >= 15 is 0 Å². The van der Waals surface area contributed by atoms with Crippen molar-refractivity contribution >= 4 is 28.4 Å². The third-order valence-corrected chi connectivity index (χ3v) is 6.92. The van der Waals surface area contributed by atoms with Crippen LogP contribution in [-0.4, -0.2) is 28.9 Å². The van der Waals surface area contributed by atoms with Crippen LogP contribution in [0.2, 0.25) is 0 Å². The van der Waals surface area contributed by atoms with Crippen molar-refractivity contribution in [3.05, 3.63) is 47.0 Å². The van der Waals surface area contributed by atoms with Gasteiger partial charge in [0, 0.05) is 65.0 Å². The molecule has 1 N–H and O–H groups in total. The molecule has 1 aliphatic carbocycles. The molecule has 0 radical (unpaired) electrons. The van der Waals surface area contributed by atoms with Crippen molar-refractivity contribution in [2.75, 3.05) is 24.2 Å². The van der Waals surface area contributed by atoms with Gasteiger partial charge in [0.05, 0.1) is 0 Å². The average molecular weight is 366 g/mol. The van der Waals surface area contributed by atoms with Gasteiger partial charge in [0.15, 0.2) is 0 Å². The third-order valence-electron chi connectivity index (χ3n) is 6.20. The highest BCUT2D eigenvalue weighted by Gasteiger charge is 2.47. The van der Waals surface area contributed by atoms with Crippen molar-refractivity contribution in [1.29, 1.82) is 0 Å². The van der Waals surface area contributed by atoms with Crippen LogP contribution in [0.15, 0.2) is 46.3 Å². The van der Waals surface area contributed by atoms with E-state index in [9.17, 15) is 4.79 Å². The number of anilines is 1. The number of hydrogen-bond acceptors (Lipinski definition) is 3. The van der Waals surface area contributed by atoms with Crippen molar-refractivity contribution in [3.8, 4) is 11.1 Å². The molecule has 3 aromatic rings. The number of rotatable bonds is 3. The van der Waals surface area contributed by atoms with Crippen molar-refractivity contribution in [2.45, 2.75) is 24.2 Å². The summed E-state index contributed by atoms with van der Waals surface area (Å²) in [5.41, 5.74) is 4.94. The quantitative estimate of drug-likeness (QED) is 0.706.